The van der Waals surface area contributed by atoms with Crippen LogP contribution < -0.4 is 4.70 Å². The summed E-state index contributed by atoms with van der Waals surface area (Å²) in [7, 11) is 0. The monoisotopic (exact) mass is 289 g/mol. The van der Waals surface area contributed by atoms with Crippen molar-refractivity contribution in [1.82, 2.24) is 0 Å². The molecular formula is C16H36FNSi. The molecule has 1 nitrogen and oxygen atoms in total. The Morgan fingerprint density at radius 3 is 0.895 bits per heavy atom. The van der Waals surface area contributed by atoms with Gasteiger partial charge in [0.1, 0.15) is 0 Å². The Hall–Kier alpha value is 0.107. The summed E-state index contributed by atoms with van der Waals surface area (Å²) in [4.78, 5) is 0. The van der Waals surface area contributed by atoms with Gasteiger partial charge in [0.25, 0.3) is 0 Å². The minimum atomic E-state index is 0. The Balaban J connectivity index is -0.00000128. The molecule has 0 aliphatic rings. The maximum absolute atomic E-state index is 2.33. The van der Waals surface area contributed by atoms with Crippen LogP contribution in [0.25, 0.3) is 0 Å². The number of quaternary nitrogens is 1. The summed E-state index contributed by atoms with van der Waals surface area (Å²) >= 11 is 0. The second-order valence-electron chi connectivity index (χ2n) is 5.65. The van der Waals surface area contributed by atoms with E-state index in [0.29, 0.717) is 0 Å². The molecule has 0 saturated carbocycles. The van der Waals surface area contributed by atoms with E-state index >= 15 is 0 Å². The second-order valence-corrected chi connectivity index (χ2v) is 5.65. The largest absolute Gasteiger partial charge is 1.00 e. The van der Waals surface area contributed by atoms with Gasteiger partial charge in [0.2, 0.25) is 0 Å². The molecule has 0 aliphatic heterocycles. The van der Waals surface area contributed by atoms with Gasteiger partial charge in [0.05, 0.1) is 26.2 Å². The molecule has 0 aliphatic carbocycles. The molecule has 0 unspecified atom stereocenters. The third-order valence-corrected chi connectivity index (χ3v) is 3.94. The van der Waals surface area contributed by atoms with Crippen LogP contribution in [0.15, 0.2) is 0 Å². The van der Waals surface area contributed by atoms with Gasteiger partial charge in [-0.25, -0.2) is 0 Å². The highest BCUT2D eigenvalue weighted by molar-refractivity contribution is 5.75. The Labute approximate surface area is 126 Å². The molecule has 0 rings (SSSR count). The molecule has 19 heavy (non-hydrogen) atoms. The van der Waals surface area contributed by atoms with Crippen LogP contribution in [0.1, 0.15) is 79.1 Å². The highest BCUT2D eigenvalue weighted by Gasteiger charge is 2.24. The number of hydrogen-bond donors (Lipinski definition) is 0. The van der Waals surface area contributed by atoms with Gasteiger partial charge in [0, 0.05) is 11.0 Å². The molecule has 3 heteroatoms. The number of unbranched alkanes of at least 4 members (excludes halogenated alkanes) is 4. The fourth-order valence-corrected chi connectivity index (χ4v) is 2.64. The van der Waals surface area contributed by atoms with Crippen molar-refractivity contribution >= 4 is 11.0 Å². The van der Waals surface area contributed by atoms with Crippen LogP contribution in [0.5, 0.6) is 0 Å². The average Bonchev–Trinajstić information content (AvgIpc) is 2.37. The summed E-state index contributed by atoms with van der Waals surface area (Å²) in [5, 5.41) is 0. The summed E-state index contributed by atoms with van der Waals surface area (Å²) in [6.07, 6.45) is 11.1. The van der Waals surface area contributed by atoms with E-state index in [1.807, 2.05) is 0 Å². The first-order valence-corrected chi connectivity index (χ1v) is 8.09. The fraction of sp³-hybridized carbons (Fsp3) is 1.00. The van der Waals surface area contributed by atoms with E-state index in [-0.39, 0.29) is 15.7 Å². The van der Waals surface area contributed by atoms with Crippen LogP contribution in [0.3, 0.4) is 0 Å². The van der Waals surface area contributed by atoms with Crippen LogP contribution in [0.4, 0.5) is 0 Å². The van der Waals surface area contributed by atoms with Crippen molar-refractivity contribution in [3.8, 4) is 0 Å². The predicted molar refractivity (Wildman–Crippen MR) is 85.1 cm³/mol. The number of nitrogens with zero attached hydrogens (tertiary/aromatic N) is 1. The molecule has 0 atom stereocenters. The molecule has 0 aromatic heterocycles. The van der Waals surface area contributed by atoms with Gasteiger partial charge in [-0.05, 0) is 25.7 Å². The van der Waals surface area contributed by atoms with Crippen molar-refractivity contribution in [3.05, 3.63) is 0 Å². The third kappa shape index (κ3) is 11.6. The Morgan fingerprint density at radius 1 is 0.526 bits per heavy atom. The molecule has 0 spiro atoms. The van der Waals surface area contributed by atoms with Gasteiger partial charge >= 0.3 is 0 Å². The molecule has 0 heterocycles. The molecule has 0 bridgehead atoms. The fourth-order valence-electron chi connectivity index (χ4n) is 2.64. The van der Waals surface area contributed by atoms with E-state index in [2.05, 4.69) is 27.7 Å². The second kappa shape index (κ2) is 16.2. The summed E-state index contributed by atoms with van der Waals surface area (Å²) in [5.41, 5.74) is 0. The first-order valence-electron chi connectivity index (χ1n) is 8.09. The molecule has 0 amide bonds. The van der Waals surface area contributed by atoms with Crippen molar-refractivity contribution in [2.24, 2.45) is 0 Å². The van der Waals surface area contributed by atoms with E-state index in [4.69, 9.17) is 0 Å². The number of hydrogen-bond acceptors (Lipinski definition) is 0. The lowest BCUT2D eigenvalue weighted by Gasteiger charge is -2.39. The van der Waals surface area contributed by atoms with Gasteiger partial charge in [-0.3, -0.25) is 0 Å². The Morgan fingerprint density at radius 2 is 0.737 bits per heavy atom. The minimum Gasteiger partial charge on any atom is -1.00 e. The lowest BCUT2D eigenvalue weighted by molar-refractivity contribution is -0.929. The molecule has 0 fully saturated rings. The van der Waals surface area contributed by atoms with Crippen molar-refractivity contribution in [2.75, 3.05) is 26.2 Å². The van der Waals surface area contributed by atoms with Crippen LogP contribution in [0, 0.1) is 0 Å². The van der Waals surface area contributed by atoms with Gasteiger partial charge in [-0.1, -0.05) is 53.4 Å². The van der Waals surface area contributed by atoms with E-state index in [1.54, 1.807) is 0 Å². The van der Waals surface area contributed by atoms with Crippen LogP contribution in [-0.4, -0.2) is 41.6 Å². The smallest absolute Gasteiger partial charge is 0.0786 e. The zero-order chi connectivity index (χ0) is 13.0. The van der Waals surface area contributed by atoms with Crippen molar-refractivity contribution in [2.45, 2.75) is 79.1 Å². The molecule has 116 valence electrons. The number of halogens is 1. The summed E-state index contributed by atoms with van der Waals surface area (Å²) in [5.74, 6) is 0. The molecule has 0 aromatic carbocycles. The van der Waals surface area contributed by atoms with E-state index in [9.17, 15) is 0 Å². The van der Waals surface area contributed by atoms with Gasteiger partial charge < -0.3 is 9.19 Å². The maximum atomic E-state index is 2.33. The van der Waals surface area contributed by atoms with Gasteiger partial charge in [-0.15, -0.1) is 0 Å². The zero-order valence-corrected chi connectivity index (χ0v) is 14.8. The summed E-state index contributed by atoms with van der Waals surface area (Å²) in [6.45, 7) is 15.0. The average molecular weight is 290 g/mol. The van der Waals surface area contributed by atoms with E-state index in [0.717, 1.165) is 0 Å². The Bertz CT molecular complexity index is 127. The SMILES string of the molecule is CCCC[N+](CCCC)(CCCC)CCCC.[F-].[Si]. The third-order valence-electron chi connectivity index (χ3n) is 3.94. The maximum Gasteiger partial charge on any atom is 0.0786 e. The first kappa shape index (κ1) is 24.1. The van der Waals surface area contributed by atoms with E-state index in [1.165, 1.54) is 82.0 Å². The molecule has 0 saturated heterocycles. The van der Waals surface area contributed by atoms with E-state index < -0.39 is 0 Å². The predicted octanol–water partition coefficient (Wildman–Crippen LogP) is 1.63. The molecule has 4 radical (unpaired) electrons. The van der Waals surface area contributed by atoms with Crippen LogP contribution in [0.2, 0.25) is 0 Å². The lowest BCUT2D eigenvalue weighted by Crippen LogP contribution is -3.00. The van der Waals surface area contributed by atoms with Crippen LogP contribution >= 0.6 is 0 Å². The first-order chi connectivity index (χ1) is 8.24. The minimum absolute atomic E-state index is 0. The highest BCUT2D eigenvalue weighted by atomic mass is 28.1. The Kier molecular flexibility index (Phi) is 20.5. The number of rotatable bonds is 12. The quantitative estimate of drug-likeness (QED) is 0.378. The topological polar surface area (TPSA) is 0 Å². The molecular weight excluding hydrogens is 253 g/mol. The van der Waals surface area contributed by atoms with Crippen molar-refractivity contribution in [3.63, 3.8) is 0 Å². The zero-order valence-electron chi connectivity index (χ0n) is 13.8. The van der Waals surface area contributed by atoms with Gasteiger partial charge in [0.15, 0.2) is 0 Å². The summed E-state index contributed by atoms with van der Waals surface area (Å²) in [6, 6.07) is 0. The molecule has 0 N–H and O–H groups in total. The normalized spacial score (nSPS) is 10.7. The molecule has 0 aromatic rings. The highest BCUT2D eigenvalue weighted by Crippen LogP contribution is 2.16. The lowest BCUT2D eigenvalue weighted by atomic mass is 10.1. The van der Waals surface area contributed by atoms with Crippen molar-refractivity contribution < 1.29 is 9.19 Å². The standard InChI is InChI=1S/C16H36N.FH.Si/c1-5-9-13-17(14-10-6-2,15-11-7-3)16-12-8-4;;/h5-16H2,1-4H3;1H;/q+1;;/p-1. The van der Waals surface area contributed by atoms with Gasteiger partial charge in [-0.2, -0.15) is 0 Å². The van der Waals surface area contributed by atoms with Crippen LogP contribution in [-0.2, 0) is 0 Å². The van der Waals surface area contributed by atoms with Crippen molar-refractivity contribution in [1.29, 1.82) is 0 Å². The summed E-state index contributed by atoms with van der Waals surface area (Å²) < 4.78 is 1.42.